The topological polar surface area (TPSA) is 77.6 Å². The van der Waals surface area contributed by atoms with Gasteiger partial charge in [0.25, 0.3) is 5.91 Å². The maximum Gasteiger partial charge on any atom is 0.252 e. The van der Waals surface area contributed by atoms with Crippen molar-refractivity contribution < 1.29 is 4.79 Å². The van der Waals surface area contributed by atoms with Crippen LogP contribution in [0.15, 0.2) is 48.7 Å². The molecular weight excluding hydrogens is 388 g/mol. The van der Waals surface area contributed by atoms with Crippen molar-refractivity contribution in [3.8, 4) is 5.69 Å². The number of benzene rings is 1. The van der Waals surface area contributed by atoms with Gasteiger partial charge in [0.1, 0.15) is 0 Å². The monoisotopic (exact) mass is 414 g/mol. The Morgan fingerprint density at radius 3 is 2.71 bits per heavy atom. The number of para-hydroxylation sites is 1. The zero-order valence-electron chi connectivity index (χ0n) is 18.0. The maximum absolute atomic E-state index is 13.5. The second-order valence-electron chi connectivity index (χ2n) is 8.17. The van der Waals surface area contributed by atoms with E-state index in [2.05, 4.69) is 10.4 Å². The molecule has 0 saturated heterocycles. The number of hydrogen-bond donors (Lipinski definition) is 1. The smallest absolute Gasteiger partial charge is 0.252 e. The molecule has 1 amide bonds. The average Bonchev–Trinajstić information content (AvgIpc) is 3.43. The van der Waals surface area contributed by atoms with Crippen molar-refractivity contribution in [2.75, 3.05) is 0 Å². The first-order valence-corrected chi connectivity index (χ1v) is 10.8. The van der Waals surface area contributed by atoms with Gasteiger partial charge < -0.3 is 5.32 Å². The van der Waals surface area contributed by atoms with E-state index >= 15 is 0 Å². The summed E-state index contributed by atoms with van der Waals surface area (Å²) >= 11 is 0. The minimum atomic E-state index is -0.160. The largest absolute Gasteiger partial charge is 0.344 e. The Hall–Kier alpha value is -3.48. The average molecular weight is 415 g/mol. The van der Waals surface area contributed by atoms with Gasteiger partial charge in [0.2, 0.25) is 0 Å². The van der Waals surface area contributed by atoms with E-state index in [1.54, 1.807) is 6.20 Å². The van der Waals surface area contributed by atoms with Gasteiger partial charge in [0.15, 0.2) is 5.65 Å². The second kappa shape index (κ2) is 7.65. The predicted molar refractivity (Wildman–Crippen MR) is 119 cm³/mol. The second-order valence-corrected chi connectivity index (χ2v) is 8.17. The summed E-state index contributed by atoms with van der Waals surface area (Å²) in [5.74, 6) is 0.315. The van der Waals surface area contributed by atoms with E-state index in [9.17, 15) is 4.79 Å². The van der Waals surface area contributed by atoms with E-state index in [4.69, 9.17) is 10.1 Å². The molecule has 5 rings (SSSR count). The highest BCUT2D eigenvalue weighted by Crippen LogP contribution is 2.40. The fraction of sp³-hybridized carbons (Fsp3) is 0.333. The van der Waals surface area contributed by atoms with Crippen LogP contribution in [0, 0.1) is 6.92 Å². The number of aryl methyl sites for hydroxylation is 2. The van der Waals surface area contributed by atoms with Gasteiger partial charge in [0.05, 0.1) is 34.1 Å². The first-order chi connectivity index (χ1) is 15.1. The molecule has 3 heterocycles. The Morgan fingerprint density at radius 1 is 1.23 bits per heavy atom. The molecule has 1 saturated carbocycles. The molecule has 7 heteroatoms. The molecule has 158 valence electrons. The van der Waals surface area contributed by atoms with Crippen molar-refractivity contribution in [3.05, 3.63) is 71.3 Å². The standard InChI is InChI=1S/C24H26N6O/c1-4-29-21(12-13-25-29)15(2)26-24(31)19-14-20(17-10-11-17)27-23-22(19)16(3)28-30(23)18-8-6-5-7-9-18/h5-9,12-15,17H,4,10-11H2,1-3H3,(H,26,31). The molecule has 1 aromatic carbocycles. The van der Waals surface area contributed by atoms with Gasteiger partial charge in [-0.05, 0) is 57.9 Å². The molecule has 1 fully saturated rings. The molecule has 1 N–H and O–H groups in total. The number of fused-ring (bicyclic) bond motifs is 1. The highest BCUT2D eigenvalue weighted by Gasteiger charge is 2.29. The van der Waals surface area contributed by atoms with Crippen molar-refractivity contribution in [1.82, 2.24) is 29.9 Å². The lowest BCUT2D eigenvalue weighted by Crippen LogP contribution is -2.28. The number of hydrogen-bond acceptors (Lipinski definition) is 4. The van der Waals surface area contributed by atoms with E-state index in [0.717, 1.165) is 53.2 Å². The number of amides is 1. The van der Waals surface area contributed by atoms with Gasteiger partial charge in [-0.2, -0.15) is 10.2 Å². The van der Waals surface area contributed by atoms with Crippen LogP contribution < -0.4 is 5.32 Å². The number of carbonyl (C=O) groups excluding carboxylic acids is 1. The summed E-state index contributed by atoms with van der Waals surface area (Å²) in [7, 11) is 0. The van der Waals surface area contributed by atoms with E-state index < -0.39 is 0 Å². The summed E-state index contributed by atoms with van der Waals surface area (Å²) in [5.41, 5.74) is 5.07. The number of nitrogens with zero attached hydrogens (tertiary/aromatic N) is 5. The van der Waals surface area contributed by atoms with Crippen LogP contribution in [0.5, 0.6) is 0 Å². The normalized spacial score (nSPS) is 14.7. The van der Waals surface area contributed by atoms with E-state index in [-0.39, 0.29) is 11.9 Å². The lowest BCUT2D eigenvalue weighted by molar-refractivity contribution is 0.0939. The minimum absolute atomic E-state index is 0.110. The van der Waals surface area contributed by atoms with Gasteiger partial charge in [-0.25, -0.2) is 9.67 Å². The zero-order valence-corrected chi connectivity index (χ0v) is 18.0. The van der Waals surface area contributed by atoms with Gasteiger partial charge in [-0.15, -0.1) is 0 Å². The molecule has 1 aliphatic rings. The maximum atomic E-state index is 13.5. The van der Waals surface area contributed by atoms with Crippen LogP contribution in [0.3, 0.4) is 0 Å². The molecule has 7 nitrogen and oxygen atoms in total. The molecular formula is C24H26N6O. The Labute approximate surface area is 181 Å². The molecule has 4 aromatic rings. The number of pyridine rings is 1. The van der Waals surface area contributed by atoms with E-state index in [1.165, 1.54) is 0 Å². The number of aromatic nitrogens is 5. The van der Waals surface area contributed by atoms with Gasteiger partial charge in [-0.1, -0.05) is 18.2 Å². The molecule has 31 heavy (non-hydrogen) atoms. The molecule has 1 aliphatic carbocycles. The van der Waals surface area contributed by atoms with Crippen LogP contribution in [-0.2, 0) is 6.54 Å². The summed E-state index contributed by atoms with van der Waals surface area (Å²) in [4.78, 5) is 18.4. The molecule has 0 spiro atoms. The quantitative estimate of drug-likeness (QED) is 0.510. The Morgan fingerprint density at radius 2 is 2.00 bits per heavy atom. The summed E-state index contributed by atoms with van der Waals surface area (Å²) in [5, 5.41) is 13.0. The van der Waals surface area contributed by atoms with Crippen molar-refractivity contribution in [1.29, 1.82) is 0 Å². The highest BCUT2D eigenvalue weighted by atomic mass is 16.1. The summed E-state index contributed by atoms with van der Waals surface area (Å²) < 4.78 is 3.75. The highest BCUT2D eigenvalue weighted by molar-refractivity contribution is 6.07. The number of carbonyl (C=O) groups is 1. The zero-order chi connectivity index (χ0) is 21.5. The SMILES string of the molecule is CCn1nccc1C(C)NC(=O)c1cc(C2CC2)nc2c1c(C)nn2-c1ccccc1. The van der Waals surface area contributed by atoms with Crippen LogP contribution >= 0.6 is 0 Å². The van der Waals surface area contributed by atoms with Crippen LogP contribution in [-0.4, -0.2) is 30.5 Å². The number of nitrogens with one attached hydrogen (secondary N) is 1. The third-order valence-electron chi connectivity index (χ3n) is 5.91. The van der Waals surface area contributed by atoms with Gasteiger partial charge in [0, 0.05) is 24.4 Å². The van der Waals surface area contributed by atoms with Crippen LogP contribution in [0.4, 0.5) is 0 Å². The van der Waals surface area contributed by atoms with Crippen molar-refractivity contribution in [2.45, 2.75) is 52.1 Å². The third-order valence-corrected chi connectivity index (χ3v) is 5.91. The number of rotatable bonds is 6. The van der Waals surface area contributed by atoms with Gasteiger partial charge in [-0.3, -0.25) is 9.48 Å². The van der Waals surface area contributed by atoms with Crippen molar-refractivity contribution >= 4 is 16.9 Å². The summed E-state index contributed by atoms with van der Waals surface area (Å²) in [6, 6.07) is 13.7. The van der Waals surface area contributed by atoms with Crippen LogP contribution in [0.2, 0.25) is 0 Å². The lowest BCUT2D eigenvalue weighted by Gasteiger charge is -2.16. The molecule has 3 aromatic heterocycles. The van der Waals surface area contributed by atoms with Crippen molar-refractivity contribution in [2.24, 2.45) is 0 Å². The molecule has 1 atom stereocenters. The third kappa shape index (κ3) is 3.50. The van der Waals surface area contributed by atoms with Crippen molar-refractivity contribution in [3.63, 3.8) is 0 Å². The summed E-state index contributed by atoms with van der Waals surface area (Å²) in [6.45, 7) is 6.73. The molecule has 0 bridgehead atoms. The first kappa shape index (κ1) is 19.5. The molecule has 0 aliphatic heterocycles. The minimum Gasteiger partial charge on any atom is -0.344 e. The summed E-state index contributed by atoms with van der Waals surface area (Å²) in [6.07, 6.45) is 4.00. The molecule has 1 unspecified atom stereocenters. The fourth-order valence-electron chi connectivity index (χ4n) is 4.15. The fourth-order valence-corrected chi connectivity index (χ4v) is 4.15. The lowest BCUT2D eigenvalue weighted by atomic mass is 10.1. The molecule has 0 radical (unpaired) electrons. The Kier molecular flexibility index (Phi) is 4.81. The van der Waals surface area contributed by atoms with E-state index in [0.29, 0.717) is 11.5 Å². The first-order valence-electron chi connectivity index (χ1n) is 10.8. The van der Waals surface area contributed by atoms with E-state index in [1.807, 2.05) is 72.6 Å². The Bertz CT molecular complexity index is 1250. The van der Waals surface area contributed by atoms with Crippen LogP contribution in [0.1, 0.15) is 66.1 Å². The predicted octanol–water partition coefficient (Wildman–Crippen LogP) is 4.31. The Balaban J connectivity index is 1.59. The van der Waals surface area contributed by atoms with Crippen LogP contribution in [0.25, 0.3) is 16.7 Å². The van der Waals surface area contributed by atoms with Gasteiger partial charge >= 0.3 is 0 Å².